The van der Waals surface area contributed by atoms with Crippen LogP contribution in [0.2, 0.25) is 0 Å². The molecule has 10 heteroatoms. The highest BCUT2D eigenvalue weighted by molar-refractivity contribution is 7.89. The number of nitro benzene ring substituents is 1. The van der Waals surface area contributed by atoms with Gasteiger partial charge in [0.15, 0.2) is 0 Å². The van der Waals surface area contributed by atoms with E-state index in [1.807, 2.05) is 0 Å². The van der Waals surface area contributed by atoms with Crippen molar-refractivity contribution in [3.63, 3.8) is 0 Å². The van der Waals surface area contributed by atoms with Crippen LogP contribution in [0.25, 0.3) is 0 Å². The van der Waals surface area contributed by atoms with Crippen molar-refractivity contribution in [1.82, 2.24) is 4.72 Å². The first-order valence-corrected chi connectivity index (χ1v) is 10.1. The van der Waals surface area contributed by atoms with E-state index in [1.165, 1.54) is 48.5 Å². The molecule has 0 saturated carbocycles. The van der Waals surface area contributed by atoms with Crippen LogP contribution in [0.1, 0.15) is 23.2 Å². The SMILES string of the molecule is O=C(Nc1ccc(S(=O)(=O)NCC2CCCO2)cc1)c1cccc([N+](=O)[O-])c1. The molecule has 28 heavy (non-hydrogen) atoms. The molecule has 1 atom stereocenters. The van der Waals surface area contributed by atoms with Crippen LogP contribution >= 0.6 is 0 Å². The Labute approximate surface area is 161 Å². The third-order valence-electron chi connectivity index (χ3n) is 4.27. The highest BCUT2D eigenvalue weighted by Gasteiger charge is 2.20. The van der Waals surface area contributed by atoms with Gasteiger partial charge in [-0.05, 0) is 43.2 Å². The molecule has 2 N–H and O–H groups in total. The molecule has 0 bridgehead atoms. The predicted octanol–water partition coefficient (Wildman–Crippen LogP) is 2.30. The van der Waals surface area contributed by atoms with Crippen LogP contribution in [0.4, 0.5) is 11.4 Å². The van der Waals surface area contributed by atoms with Gasteiger partial charge in [0.2, 0.25) is 10.0 Å². The van der Waals surface area contributed by atoms with Gasteiger partial charge in [0.25, 0.3) is 11.6 Å². The maximum Gasteiger partial charge on any atom is 0.270 e. The van der Waals surface area contributed by atoms with E-state index < -0.39 is 20.9 Å². The van der Waals surface area contributed by atoms with Crippen LogP contribution < -0.4 is 10.0 Å². The lowest BCUT2D eigenvalue weighted by Crippen LogP contribution is -2.31. The first-order chi connectivity index (χ1) is 13.3. The summed E-state index contributed by atoms with van der Waals surface area (Å²) in [6.45, 7) is 0.860. The number of hydrogen-bond donors (Lipinski definition) is 2. The number of benzene rings is 2. The lowest BCUT2D eigenvalue weighted by molar-refractivity contribution is -0.384. The second-order valence-electron chi connectivity index (χ2n) is 6.27. The molecular weight excluding hydrogens is 386 g/mol. The van der Waals surface area contributed by atoms with Crippen molar-refractivity contribution in [3.8, 4) is 0 Å². The van der Waals surface area contributed by atoms with Crippen LogP contribution in [-0.2, 0) is 14.8 Å². The zero-order valence-electron chi connectivity index (χ0n) is 14.8. The summed E-state index contributed by atoms with van der Waals surface area (Å²) in [5.74, 6) is -0.532. The lowest BCUT2D eigenvalue weighted by atomic mass is 10.2. The fraction of sp³-hybridized carbons (Fsp3) is 0.278. The Morgan fingerprint density at radius 1 is 1.21 bits per heavy atom. The summed E-state index contributed by atoms with van der Waals surface area (Å²) in [7, 11) is -3.68. The Kier molecular flexibility index (Phi) is 6.02. The molecule has 1 amide bonds. The molecule has 0 aliphatic carbocycles. The van der Waals surface area contributed by atoms with Gasteiger partial charge in [-0.25, -0.2) is 13.1 Å². The van der Waals surface area contributed by atoms with E-state index in [0.29, 0.717) is 12.3 Å². The van der Waals surface area contributed by atoms with Crippen molar-refractivity contribution < 1.29 is 22.9 Å². The first kappa shape index (κ1) is 19.9. The molecule has 148 valence electrons. The molecule has 2 aromatic rings. The number of carbonyl (C=O) groups is 1. The second-order valence-corrected chi connectivity index (χ2v) is 8.04. The Balaban J connectivity index is 1.64. The number of non-ortho nitro benzene ring substituents is 1. The zero-order valence-corrected chi connectivity index (χ0v) is 15.6. The molecule has 0 spiro atoms. The van der Waals surface area contributed by atoms with E-state index in [2.05, 4.69) is 10.0 Å². The Morgan fingerprint density at radius 3 is 2.61 bits per heavy atom. The quantitative estimate of drug-likeness (QED) is 0.537. The van der Waals surface area contributed by atoms with Crippen molar-refractivity contribution in [2.45, 2.75) is 23.8 Å². The fourth-order valence-electron chi connectivity index (χ4n) is 2.77. The minimum atomic E-state index is -3.68. The number of nitro groups is 1. The van der Waals surface area contributed by atoms with Gasteiger partial charge in [-0.2, -0.15) is 0 Å². The largest absolute Gasteiger partial charge is 0.377 e. The van der Waals surface area contributed by atoms with Crippen LogP contribution in [0, 0.1) is 10.1 Å². The number of rotatable bonds is 7. The van der Waals surface area contributed by atoms with Crippen molar-refractivity contribution in [2.75, 3.05) is 18.5 Å². The molecule has 9 nitrogen and oxygen atoms in total. The highest BCUT2D eigenvalue weighted by Crippen LogP contribution is 2.18. The maximum atomic E-state index is 12.3. The van der Waals surface area contributed by atoms with E-state index in [-0.39, 0.29) is 28.8 Å². The fourth-order valence-corrected chi connectivity index (χ4v) is 3.84. The lowest BCUT2D eigenvalue weighted by Gasteiger charge is -2.12. The summed E-state index contributed by atoms with van der Waals surface area (Å²) < 4.78 is 32.6. The van der Waals surface area contributed by atoms with E-state index in [1.54, 1.807) is 0 Å². The van der Waals surface area contributed by atoms with Crippen molar-refractivity contribution >= 4 is 27.3 Å². The summed E-state index contributed by atoms with van der Waals surface area (Å²) >= 11 is 0. The van der Waals surface area contributed by atoms with Crippen LogP contribution in [-0.4, -0.2) is 38.5 Å². The summed E-state index contributed by atoms with van der Waals surface area (Å²) in [6, 6.07) is 11.0. The summed E-state index contributed by atoms with van der Waals surface area (Å²) in [5.41, 5.74) is 0.310. The average molecular weight is 405 g/mol. The first-order valence-electron chi connectivity index (χ1n) is 8.62. The molecule has 0 aromatic heterocycles. The Morgan fingerprint density at radius 2 is 1.96 bits per heavy atom. The van der Waals surface area contributed by atoms with E-state index in [4.69, 9.17) is 4.74 Å². The zero-order chi connectivity index (χ0) is 20.1. The van der Waals surface area contributed by atoms with Crippen LogP contribution in [0.3, 0.4) is 0 Å². The molecule has 1 aliphatic heterocycles. The molecule has 2 aromatic carbocycles. The van der Waals surface area contributed by atoms with Gasteiger partial charge >= 0.3 is 0 Å². The van der Waals surface area contributed by atoms with Gasteiger partial charge in [0, 0.05) is 36.5 Å². The number of hydrogen-bond acceptors (Lipinski definition) is 6. The summed E-state index contributed by atoms with van der Waals surface area (Å²) in [5, 5.41) is 13.4. The Bertz CT molecular complexity index is 969. The minimum absolute atomic E-state index is 0.0684. The summed E-state index contributed by atoms with van der Waals surface area (Å²) in [6.07, 6.45) is 1.64. The number of carbonyl (C=O) groups excluding carboxylic acids is 1. The van der Waals surface area contributed by atoms with Gasteiger partial charge in [-0.1, -0.05) is 6.07 Å². The van der Waals surface area contributed by atoms with E-state index in [9.17, 15) is 23.3 Å². The van der Waals surface area contributed by atoms with Crippen molar-refractivity contribution in [2.24, 2.45) is 0 Å². The molecule has 1 aliphatic rings. The second kappa shape index (κ2) is 8.46. The van der Waals surface area contributed by atoms with Gasteiger partial charge in [-0.3, -0.25) is 14.9 Å². The molecular formula is C18H19N3O6S. The molecule has 3 rings (SSSR count). The third kappa shape index (κ3) is 4.91. The number of anilines is 1. The van der Waals surface area contributed by atoms with Gasteiger partial charge in [-0.15, -0.1) is 0 Å². The average Bonchev–Trinajstić information content (AvgIpc) is 3.21. The van der Waals surface area contributed by atoms with E-state index >= 15 is 0 Å². The van der Waals surface area contributed by atoms with Crippen molar-refractivity contribution in [3.05, 3.63) is 64.2 Å². The smallest absolute Gasteiger partial charge is 0.270 e. The number of amides is 1. The number of nitrogens with one attached hydrogen (secondary N) is 2. The van der Waals surface area contributed by atoms with Crippen molar-refractivity contribution in [1.29, 1.82) is 0 Å². The van der Waals surface area contributed by atoms with Crippen LogP contribution in [0.5, 0.6) is 0 Å². The third-order valence-corrected chi connectivity index (χ3v) is 5.71. The molecule has 1 unspecified atom stereocenters. The molecule has 0 radical (unpaired) electrons. The number of nitrogens with zero attached hydrogens (tertiary/aromatic N) is 1. The summed E-state index contributed by atoms with van der Waals surface area (Å²) in [4.78, 5) is 22.5. The maximum absolute atomic E-state index is 12.3. The topological polar surface area (TPSA) is 128 Å². The predicted molar refractivity (Wildman–Crippen MR) is 102 cm³/mol. The standard InChI is InChI=1S/C18H19N3O6S/c22-18(13-3-1-4-15(11-13)21(23)24)20-14-6-8-17(9-7-14)28(25,26)19-12-16-5-2-10-27-16/h1,3-4,6-9,11,16,19H,2,5,10,12H2,(H,20,22). The van der Waals surface area contributed by atoms with Gasteiger partial charge in [0.1, 0.15) is 0 Å². The highest BCUT2D eigenvalue weighted by atomic mass is 32.2. The monoisotopic (exact) mass is 405 g/mol. The van der Waals surface area contributed by atoms with Gasteiger partial charge in [0.05, 0.1) is 15.9 Å². The molecule has 1 saturated heterocycles. The normalized spacial score (nSPS) is 16.6. The van der Waals surface area contributed by atoms with Crippen LogP contribution in [0.15, 0.2) is 53.4 Å². The minimum Gasteiger partial charge on any atom is -0.377 e. The molecule has 1 fully saturated rings. The number of ether oxygens (including phenoxy) is 1. The Hall–Kier alpha value is -2.82. The van der Waals surface area contributed by atoms with E-state index in [0.717, 1.165) is 12.8 Å². The number of sulfonamides is 1. The molecule has 1 heterocycles. The van der Waals surface area contributed by atoms with Gasteiger partial charge < -0.3 is 10.1 Å².